The van der Waals surface area contributed by atoms with Gasteiger partial charge in [0, 0.05) is 6.54 Å². The van der Waals surface area contributed by atoms with Crippen LogP contribution in [0.2, 0.25) is 0 Å². The van der Waals surface area contributed by atoms with Gasteiger partial charge in [0.1, 0.15) is 5.75 Å². The molecule has 0 saturated heterocycles. The largest absolute Gasteiger partial charge is 0.496 e. The summed E-state index contributed by atoms with van der Waals surface area (Å²) in [4.78, 5) is 12.5. The van der Waals surface area contributed by atoms with Crippen molar-refractivity contribution in [3.05, 3.63) is 65.7 Å². The van der Waals surface area contributed by atoms with E-state index in [-0.39, 0.29) is 34.5 Å². The Bertz CT molecular complexity index is 982. The number of carbonyl (C=O) groups is 1. The normalized spacial score (nSPS) is 11.2. The molecule has 0 fully saturated rings. The van der Waals surface area contributed by atoms with Gasteiger partial charge in [-0.25, -0.2) is 8.42 Å². The first-order chi connectivity index (χ1) is 13.2. The van der Waals surface area contributed by atoms with Crippen molar-refractivity contribution >= 4 is 21.6 Å². The lowest BCUT2D eigenvalue weighted by molar-refractivity contribution is 0.0959. The fourth-order valence-electron chi connectivity index (χ4n) is 2.82. The number of hydrogen-bond acceptors (Lipinski definition) is 4. The first-order valence-corrected chi connectivity index (χ1v) is 10.4. The van der Waals surface area contributed by atoms with Crippen LogP contribution in [0.5, 0.6) is 5.75 Å². The van der Waals surface area contributed by atoms with Crippen molar-refractivity contribution in [3.63, 3.8) is 0 Å². The third-order valence-corrected chi connectivity index (χ3v) is 5.77. The Hall–Kier alpha value is -2.80. The number of methoxy groups -OCH3 is 1. The van der Waals surface area contributed by atoms with Crippen molar-refractivity contribution in [2.75, 3.05) is 18.4 Å². The number of ether oxygens (including phenoxy) is 1. The highest BCUT2D eigenvalue weighted by Gasteiger charge is 2.23. The van der Waals surface area contributed by atoms with Crippen LogP contribution in [0.25, 0.3) is 0 Å². The molecule has 0 spiro atoms. The molecule has 2 aromatic rings. The van der Waals surface area contributed by atoms with Gasteiger partial charge in [-0.05, 0) is 48.2 Å². The standard InChI is InChI=1S/C21H26N2O4S/c1-6-11-22-21(24)16-9-7-8-10-18(16)23-28(25,26)20-13-17(14(2)3)19(27-5)12-15(20)4/h6-10,12-14,23H,1,11H2,2-5H3,(H,22,24). The fourth-order valence-corrected chi connectivity index (χ4v) is 4.17. The number of nitrogens with one attached hydrogen (secondary N) is 2. The van der Waals surface area contributed by atoms with E-state index in [2.05, 4.69) is 16.6 Å². The number of para-hydroxylation sites is 1. The second-order valence-electron chi connectivity index (χ2n) is 6.66. The topological polar surface area (TPSA) is 84.5 Å². The molecule has 28 heavy (non-hydrogen) atoms. The van der Waals surface area contributed by atoms with E-state index >= 15 is 0 Å². The minimum absolute atomic E-state index is 0.0847. The highest BCUT2D eigenvalue weighted by molar-refractivity contribution is 7.92. The zero-order valence-electron chi connectivity index (χ0n) is 16.6. The number of amides is 1. The summed E-state index contributed by atoms with van der Waals surface area (Å²) >= 11 is 0. The van der Waals surface area contributed by atoms with Gasteiger partial charge in [-0.3, -0.25) is 9.52 Å². The molecule has 0 aliphatic heterocycles. The lowest BCUT2D eigenvalue weighted by atomic mass is 10.0. The summed E-state index contributed by atoms with van der Waals surface area (Å²) < 4.78 is 34.1. The number of aryl methyl sites for hydroxylation is 1. The lowest BCUT2D eigenvalue weighted by Gasteiger charge is -2.18. The Morgan fingerprint density at radius 3 is 2.54 bits per heavy atom. The summed E-state index contributed by atoms with van der Waals surface area (Å²) in [6.45, 7) is 9.49. The van der Waals surface area contributed by atoms with E-state index in [1.807, 2.05) is 13.8 Å². The predicted octanol–water partition coefficient (Wildman–Crippen LogP) is 3.84. The van der Waals surface area contributed by atoms with Gasteiger partial charge in [0.2, 0.25) is 0 Å². The second kappa shape index (κ2) is 8.93. The Morgan fingerprint density at radius 2 is 1.93 bits per heavy atom. The van der Waals surface area contributed by atoms with E-state index in [0.717, 1.165) is 5.56 Å². The molecule has 0 aliphatic rings. The van der Waals surface area contributed by atoms with Gasteiger partial charge in [0.25, 0.3) is 15.9 Å². The molecule has 2 aromatic carbocycles. The summed E-state index contributed by atoms with van der Waals surface area (Å²) in [6, 6.07) is 9.81. The van der Waals surface area contributed by atoms with Crippen LogP contribution in [0.3, 0.4) is 0 Å². The molecule has 0 heterocycles. The smallest absolute Gasteiger partial charge is 0.262 e. The number of anilines is 1. The minimum Gasteiger partial charge on any atom is -0.496 e. The van der Waals surface area contributed by atoms with E-state index in [1.54, 1.807) is 56.5 Å². The van der Waals surface area contributed by atoms with Crippen LogP contribution >= 0.6 is 0 Å². The van der Waals surface area contributed by atoms with Crippen molar-refractivity contribution in [1.29, 1.82) is 0 Å². The van der Waals surface area contributed by atoms with Crippen LogP contribution in [0, 0.1) is 6.92 Å². The average Bonchev–Trinajstić information content (AvgIpc) is 2.65. The molecule has 0 aromatic heterocycles. The highest BCUT2D eigenvalue weighted by Crippen LogP contribution is 2.32. The number of rotatable bonds is 8. The molecular formula is C21H26N2O4S. The molecule has 2 N–H and O–H groups in total. The summed E-state index contributed by atoms with van der Waals surface area (Å²) in [5.74, 6) is 0.352. The van der Waals surface area contributed by atoms with Crippen LogP contribution in [-0.4, -0.2) is 28.0 Å². The number of sulfonamides is 1. The lowest BCUT2D eigenvalue weighted by Crippen LogP contribution is -2.25. The number of carbonyl (C=O) groups excluding carboxylic acids is 1. The van der Waals surface area contributed by atoms with Gasteiger partial charge >= 0.3 is 0 Å². The molecule has 1 amide bonds. The van der Waals surface area contributed by atoms with Crippen molar-refractivity contribution in [3.8, 4) is 5.75 Å². The zero-order chi connectivity index (χ0) is 20.9. The molecule has 0 unspecified atom stereocenters. The maximum atomic E-state index is 13.1. The van der Waals surface area contributed by atoms with Gasteiger partial charge in [-0.1, -0.05) is 32.1 Å². The summed E-state index contributed by atoms with van der Waals surface area (Å²) in [7, 11) is -2.35. The van der Waals surface area contributed by atoms with Crippen molar-refractivity contribution in [2.24, 2.45) is 0 Å². The van der Waals surface area contributed by atoms with Crippen molar-refractivity contribution < 1.29 is 17.9 Å². The van der Waals surface area contributed by atoms with Gasteiger partial charge in [0.15, 0.2) is 0 Å². The Labute approximate surface area is 166 Å². The van der Waals surface area contributed by atoms with Gasteiger partial charge in [-0.2, -0.15) is 0 Å². The van der Waals surface area contributed by atoms with Gasteiger partial charge in [-0.15, -0.1) is 6.58 Å². The number of hydrogen-bond donors (Lipinski definition) is 2. The Balaban J connectivity index is 2.47. The van der Waals surface area contributed by atoms with Crippen LogP contribution in [0.15, 0.2) is 53.9 Å². The molecule has 6 nitrogen and oxygen atoms in total. The third-order valence-electron chi connectivity index (χ3n) is 4.26. The van der Waals surface area contributed by atoms with Crippen LogP contribution in [0.1, 0.15) is 41.3 Å². The monoisotopic (exact) mass is 402 g/mol. The first-order valence-electron chi connectivity index (χ1n) is 8.90. The minimum atomic E-state index is -3.91. The van der Waals surface area contributed by atoms with E-state index in [4.69, 9.17) is 4.74 Å². The fraction of sp³-hybridized carbons (Fsp3) is 0.286. The Kier molecular flexibility index (Phi) is 6.85. The molecule has 150 valence electrons. The highest BCUT2D eigenvalue weighted by atomic mass is 32.2. The van der Waals surface area contributed by atoms with E-state index in [9.17, 15) is 13.2 Å². The average molecular weight is 403 g/mol. The zero-order valence-corrected chi connectivity index (χ0v) is 17.4. The Morgan fingerprint density at radius 1 is 1.25 bits per heavy atom. The molecule has 0 saturated carbocycles. The summed E-state index contributed by atoms with van der Waals surface area (Å²) in [6.07, 6.45) is 1.55. The van der Waals surface area contributed by atoms with Crippen LogP contribution < -0.4 is 14.8 Å². The molecule has 2 rings (SSSR count). The molecule has 0 radical (unpaired) electrons. The maximum Gasteiger partial charge on any atom is 0.262 e. The number of benzene rings is 2. The van der Waals surface area contributed by atoms with Gasteiger partial charge in [0.05, 0.1) is 23.3 Å². The molecular weight excluding hydrogens is 376 g/mol. The second-order valence-corrected chi connectivity index (χ2v) is 8.31. The predicted molar refractivity (Wildman–Crippen MR) is 112 cm³/mol. The van der Waals surface area contributed by atoms with Crippen LogP contribution in [0.4, 0.5) is 5.69 Å². The summed E-state index contributed by atoms with van der Waals surface area (Å²) in [5, 5.41) is 2.66. The van der Waals surface area contributed by atoms with Crippen molar-refractivity contribution in [1.82, 2.24) is 5.32 Å². The van der Waals surface area contributed by atoms with Crippen LogP contribution in [-0.2, 0) is 10.0 Å². The summed E-state index contributed by atoms with van der Waals surface area (Å²) in [5.41, 5.74) is 1.81. The van der Waals surface area contributed by atoms with E-state index in [1.165, 1.54) is 0 Å². The molecule has 0 aliphatic carbocycles. The van der Waals surface area contributed by atoms with E-state index in [0.29, 0.717) is 11.3 Å². The van der Waals surface area contributed by atoms with Gasteiger partial charge < -0.3 is 10.1 Å². The molecule has 0 bridgehead atoms. The van der Waals surface area contributed by atoms with E-state index < -0.39 is 10.0 Å². The first kappa shape index (κ1) is 21.5. The van der Waals surface area contributed by atoms with Crippen molar-refractivity contribution in [2.45, 2.75) is 31.6 Å². The molecule has 0 atom stereocenters. The third kappa shape index (κ3) is 4.72. The molecule has 7 heteroatoms. The quantitative estimate of drug-likeness (QED) is 0.657. The maximum absolute atomic E-state index is 13.1. The SMILES string of the molecule is C=CCNC(=O)c1ccccc1NS(=O)(=O)c1cc(C(C)C)c(OC)cc1C.